The summed E-state index contributed by atoms with van der Waals surface area (Å²) < 4.78 is 52.7. The third kappa shape index (κ3) is 5.93. The van der Waals surface area contributed by atoms with Crippen molar-refractivity contribution in [2.24, 2.45) is 0 Å². The number of methoxy groups -OCH3 is 1. The maximum Gasteiger partial charge on any atom is 0.254 e. The molecular formula is C26H30FN3O5S. The van der Waals surface area contributed by atoms with Crippen LogP contribution in [0.2, 0.25) is 0 Å². The Balaban J connectivity index is 1.64. The minimum atomic E-state index is -3.85. The van der Waals surface area contributed by atoms with E-state index >= 15 is 0 Å². The number of amides is 1. The molecule has 0 spiro atoms. The van der Waals surface area contributed by atoms with Gasteiger partial charge in [0.05, 0.1) is 43.9 Å². The van der Waals surface area contributed by atoms with E-state index in [0.717, 1.165) is 12.8 Å². The van der Waals surface area contributed by atoms with E-state index in [1.54, 1.807) is 40.8 Å². The molecule has 1 aliphatic heterocycles. The number of carbonyl (C=O) groups is 1. The van der Waals surface area contributed by atoms with Crippen LogP contribution >= 0.6 is 0 Å². The van der Waals surface area contributed by atoms with E-state index in [2.05, 4.69) is 4.98 Å². The van der Waals surface area contributed by atoms with Gasteiger partial charge in [-0.15, -0.1) is 0 Å². The predicted molar refractivity (Wildman–Crippen MR) is 132 cm³/mol. The van der Waals surface area contributed by atoms with Crippen molar-refractivity contribution in [3.05, 3.63) is 77.4 Å². The van der Waals surface area contributed by atoms with E-state index in [1.807, 2.05) is 6.92 Å². The second kappa shape index (κ2) is 11.2. The number of sulfone groups is 1. The first-order valence-electron chi connectivity index (χ1n) is 11.9. The number of hydrogen-bond donors (Lipinski definition) is 0. The number of ether oxygens (including phenoxy) is 2. The first kappa shape index (κ1) is 25.8. The lowest BCUT2D eigenvalue weighted by molar-refractivity contribution is 0.0741. The zero-order valence-electron chi connectivity index (χ0n) is 20.4. The third-order valence-electron chi connectivity index (χ3n) is 6.20. The van der Waals surface area contributed by atoms with Gasteiger partial charge in [-0.3, -0.25) is 4.79 Å². The van der Waals surface area contributed by atoms with Crippen LogP contribution in [0.3, 0.4) is 0 Å². The summed E-state index contributed by atoms with van der Waals surface area (Å²) in [7, 11) is -2.31. The Labute approximate surface area is 210 Å². The van der Waals surface area contributed by atoms with Crippen molar-refractivity contribution in [2.75, 3.05) is 20.3 Å². The largest absolute Gasteiger partial charge is 0.497 e. The van der Waals surface area contributed by atoms with Crippen molar-refractivity contribution < 1.29 is 27.1 Å². The molecule has 36 heavy (non-hydrogen) atoms. The first-order chi connectivity index (χ1) is 17.3. The van der Waals surface area contributed by atoms with Crippen LogP contribution in [0.5, 0.6) is 5.75 Å². The third-order valence-corrected chi connectivity index (χ3v) is 7.79. The quantitative estimate of drug-likeness (QED) is 0.408. The average molecular weight is 516 g/mol. The molecule has 192 valence electrons. The highest BCUT2D eigenvalue weighted by atomic mass is 32.2. The van der Waals surface area contributed by atoms with Crippen LogP contribution < -0.4 is 4.74 Å². The fourth-order valence-corrected chi connectivity index (χ4v) is 5.78. The van der Waals surface area contributed by atoms with E-state index in [4.69, 9.17) is 9.47 Å². The Morgan fingerprint density at radius 3 is 2.69 bits per heavy atom. The Morgan fingerprint density at radius 2 is 2.03 bits per heavy atom. The van der Waals surface area contributed by atoms with Gasteiger partial charge in [0, 0.05) is 18.7 Å². The summed E-state index contributed by atoms with van der Waals surface area (Å²) in [6.07, 6.45) is 3.09. The standard InChI is InChI=1S/C26H30FN3O5S/c1-3-29(25(31)20-6-4-7-23(14-20)34-2)16-22-15-28-26(30(22)17-24-8-5-13-35-24)36(32,33)18-19-9-11-21(27)12-10-19/h4,6-7,9-12,14-15,24H,3,5,8,13,16-18H2,1-2H3. The number of halogens is 1. The van der Waals surface area contributed by atoms with Gasteiger partial charge in [0.2, 0.25) is 15.0 Å². The van der Waals surface area contributed by atoms with Gasteiger partial charge in [-0.05, 0) is 55.7 Å². The molecule has 1 saturated heterocycles. The Bertz CT molecular complexity index is 1300. The highest BCUT2D eigenvalue weighted by molar-refractivity contribution is 7.90. The van der Waals surface area contributed by atoms with Crippen molar-refractivity contribution in [2.45, 2.75) is 49.9 Å². The molecule has 3 aromatic rings. The highest BCUT2D eigenvalue weighted by Crippen LogP contribution is 2.23. The van der Waals surface area contributed by atoms with Crippen molar-refractivity contribution in [1.29, 1.82) is 0 Å². The molecule has 2 heterocycles. The molecule has 1 amide bonds. The van der Waals surface area contributed by atoms with Crippen molar-refractivity contribution in [3.8, 4) is 5.75 Å². The van der Waals surface area contributed by atoms with Crippen LogP contribution in [0.25, 0.3) is 0 Å². The van der Waals surface area contributed by atoms with E-state index in [0.29, 0.717) is 42.3 Å². The predicted octanol–water partition coefficient (Wildman–Crippen LogP) is 3.85. The first-order valence-corrected chi connectivity index (χ1v) is 13.5. The molecule has 1 aromatic heterocycles. The lowest BCUT2D eigenvalue weighted by atomic mass is 10.2. The fourth-order valence-electron chi connectivity index (χ4n) is 4.28. The maximum absolute atomic E-state index is 13.4. The zero-order valence-corrected chi connectivity index (χ0v) is 21.2. The number of imidazole rings is 1. The van der Waals surface area contributed by atoms with Gasteiger partial charge >= 0.3 is 0 Å². The monoisotopic (exact) mass is 515 g/mol. The fraction of sp³-hybridized carbons (Fsp3) is 0.385. The zero-order chi connectivity index (χ0) is 25.7. The molecule has 8 nitrogen and oxygen atoms in total. The van der Waals surface area contributed by atoms with Gasteiger partial charge in [-0.2, -0.15) is 0 Å². The van der Waals surface area contributed by atoms with Crippen LogP contribution in [0.4, 0.5) is 4.39 Å². The summed E-state index contributed by atoms with van der Waals surface area (Å²) in [5, 5.41) is -0.0813. The summed E-state index contributed by atoms with van der Waals surface area (Å²) in [4.78, 5) is 19.2. The number of hydrogen-bond acceptors (Lipinski definition) is 6. The van der Waals surface area contributed by atoms with Crippen LogP contribution in [0.1, 0.15) is 41.4 Å². The summed E-state index contributed by atoms with van der Waals surface area (Å²) in [6, 6.07) is 12.3. The summed E-state index contributed by atoms with van der Waals surface area (Å²) >= 11 is 0. The second-order valence-corrected chi connectivity index (χ2v) is 10.6. The van der Waals surface area contributed by atoms with E-state index in [9.17, 15) is 17.6 Å². The number of nitrogens with zero attached hydrogens (tertiary/aromatic N) is 3. The molecule has 1 fully saturated rings. The average Bonchev–Trinajstić information content (AvgIpc) is 3.54. The molecule has 0 bridgehead atoms. The number of rotatable bonds is 10. The minimum absolute atomic E-state index is 0.0813. The number of aromatic nitrogens is 2. The van der Waals surface area contributed by atoms with Gasteiger partial charge in [0.1, 0.15) is 11.6 Å². The number of benzene rings is 2. The molecule has 4 rings (SSSR count). The summed E-state index contributed by atoms with van der Waals surface area (Å²) in [5.41, 5.74) is 1.54. The van der Waals surface area contributed by atoms with Crippen LogP contribution in [-0.4, -0.2) is 55.1 Å². The van der Waals surface area contributed by atoms with Crippen molar-refractivity contribution >= 4 is 15.7 Å². The normalized spacial score (nSPS) is 15.7. The lowest BCUT2D eigenvalue weighted by Gasteiger charge is -2.23. The SMILES string of the molecule is CCN(Cc1cnc(S(=O)(=O)Cc2ccc(F)cc2)n1CC1CCCO1)C(=O)c1cccc(OC)c1. The Kier molecular flexibility index (Phi) is 8.05. The molecule has 2 aromatic carbocycles. The molecular weight excluding hydrogens is 485 g/mol. The van der Waals surface area contributed by atoms with Gasteiger partial charge < -0.3 is 18.9 Å². The summed E-state index contributed by atoms with van der Waals surface area (Å²) in [5.74, 6) is -0.361. The molecule has 1 unspecified atom stereocenters. The highest BCUT2D eigenvalue weighted by Gasteiger charge is 2.28. The van der Waals surface area contributed by atoms with Crippen molar-refractivity contribution in [3.63, 3.8) is 0 Å². The topological polar surface area (TPSA) is 90.7 Å². The second-order valence-electron chi connectivity index (χ2n) is 8.71. The van der Waals surface area contributed by atoms with Crippen LogP contribution in [0, 0.1) is 5.82 Å². The van der Waals surface area contributed by atoms with Gasteiger partial charge in [-0.1, -0.05) is 18.2 Å². The summed E-state index contributed by atoms with van der Waals surface area (Å²) in [6.45, 7) is 3.40. The number of carbonyl (C=O) groups excluding carboxylic acids is 1. The van der Waals surface area contributed by atoms with Gasteiger partial charge in [0.25, 0.3) is 5.91 Å². The van der Waals surface area contributed by atoms with Gasteiger partial charge in [-0.25, -0.2) is 17.8 Å². The van der Waals surface area contributed by atoms with Crippen LogP contribution in [0.15, 0.2) is 59.9 Å². The molecule has 10 heteroatoms. The smallest absolute Gasteiger partial charge is 0.254 e. The molecule has 0 saturated carbocycles. The molecule has 1 atom stereocenters. The minimum Gasteiger partial charge on any atom is -0.497 e. The molecule has 0 N–H and O–H groups in total. The maximum atomic E-state index is 13.4. The molecule has 1 aliphatic rings. The van der Waals surface area contributed by atoms with Crippen LogP contribution in [-0.2, 0) is 33.4 Å². The molecule has 0 aliphatic carbocycles. The van der Waals surface area contributed by atoms with Gasteiger partial charge in [0.15, 0.2) is 0 Å². The van der Waals surface area contributed by atoms with E-state index < -0.39 is 15.7 Å². The van der Waals surface area contributed by atoms with E-state index in [1.165, 1.54) is 30.5 Å². The molecule has 0 radical (unpaired) electrons. The Morgan fingerprint density at radius 1 is 1.25 bits per heavy atom. The Hall–Kier alpha value is -3.24. The lowest BCUT2D eigenvalue weighted by Crippen LogP contribution is -2.32. The van der Waals surface area contributed by atoms with Crippen molar-refractivity contribution in [1.82, 2.24) is 14.5 Å². The van der Waals surface area contributed by atoms with E-state index in [-0.39, 0.29) is 29.5 Å².